The summed E-state index contributed by atoms with van der Waals surface area (Å²) in [5.74, 6) is 1.77. The lowest BCUT2D eigenvalue weighted by molar-refractivity contribution is 0.736. The maximum Gasteiger partial charge on any atom is 0.190 e. The molecule has 2 rings (SSSR count). The van der Waals surface area contributed by atoms with Gasteiger partial charge in [-0.1, -0.05) is 11.6 Å². The van der Waals surface area contributed by atoms with Gasteiger partial charge in [0, 0.05) is 25.0 Å². The fourth-order valence-corrected chi connectivity index (χ4v) is 2.66. The Morgan fingerprint density at radius 1 is 1.47 bits per heavy atom. The molecule has 1 heterocycles. The van der Waals surface area contributed by atoms with Gasteiger partial charge in [0.05, 0.1) is 4.34 Å². The predicted octanol–water partition coefficient (Wildman–Crippen LogP) is 2.52. The molecule has 0 atom stereocenters. The summed E-state index contributed by atoms with van der Waals surface area (Å²) >= 11 is 7.52. The van der Waals surface area contributed by atoms with Gasteiger partial charge >= 0.3 is 0 Å². The van der Waals surface area contributed by atoms with E-state index in [1.807, 2.05) is 13.1 Å². The molecule has 1 saturated carbocycles. The van der Waals surface area contributed by atoms with E-state index in [1.54, 1.807) is 11.3 Å². The highest BCUT2D eigenvalue weighted by Crippen LogP contribution is 2.27. The van der Waals surface area contributed by atoms with Gasteiger partial charge in [-0.2, -0.15) is 0 Å². The van der Waals surface area contributed by atoms with Crippen molar-refractivity contribution in [3.63, 3.8) is 0 Å². The largest absolute Gasteiger partial charge is 0.356 e. The zero-order valence-electron chi connectivity index (χ0n) is 10.0. The highest BCUT2D eigenvalue weighted by atomic mass is 35.5. The highest BCUT2D eigenvalue weighted by molar-refractivity contribution is 7.16. The maximum atomic E-state index is 5.88. The molecule has 1 aliphatic rings. The topological polar surface area (TPSA) is 36.4 Å². The fourth-order valence-electron chi connectivity index (χ4n) is 1.57. The Morgan fingerprint density at radius 2 is 2.29 bits per heavy atom. The molecule has 2 N–H and O–H groups in total. The van der Waals surface area contributed by atoms with E-state index in [-0.39, 0.29) is 0 Å². The Hall–Kier alpha value is -0.740. The number of nitrogens with zero attached hydrogens (tertiary/aromatic N) is 1. The molecule has 0 spiro atoms. The number of rotatable bonds is 5. The molecule has 0 bridgehead atoms. The summed E-state index contributed by atoms with van der Waals surface area (Å²) in [6.45, 7) is 1.94. The molecule has 1 aliphatic carbocycles. The number of thiophene rings is 1. The first-order chi connectivity index (χ1) is 8.28. The average molecular weight is 272 g/mol. The van der Waals surface area contributed by atoms with E-state index in [2.05, 4.69) is 21.7 Å². The molecular formula is C12H18ClN3S. The van der Waals surface area contributed by atoms with Crippen LogP contribution in [0.15, 0.2) is 17.1 Å². The van der Waals surface area contributed by atoms with Gasteiger partial charge in [-0.3, -0.25) is 4.99 Å². The third kappa shape index (κ3) is 4.56. The lowest BCUT2D eigenvalue weighted by Gasteiger charge is -2.10. The Kier molecular flexibility index (Phi) is 4.68. The molecule has 5 heteroatoms. The Morgan fingerprint density at radius 3 is 2.88 bits per heavy atom. The summed E-state index contributed by atoms with van der Waals surface area (Å²) in [7, 11) is 1.81. The summed E-state index contributed by atoms with van der Waals surface area (Å²) in [5.41, 5.74) is 0. The van der Waals surface area contributed by atoms with E-state index in [0.29, 0.717) is 0 Å². The van der Waals surface area contributed by atoms with E-state index in [0.717, 1.165) is 35.7 Å². The monoisotopic (exact) mass is 271 g/mol. The first-order valence-electron chi connectivity index (χ1n) is 5.96. The van der Waals surface area contributed by atoms with E-state index >= 15 is 0 Å². The third-order valence-electron chi connectivity index (χ3n) is 2.77. The average Bonchev–Trinajstić information content (AvgIpc) is 3.06. The van der Waals surface area contributed by atoms with Gasteiger partial charge in [-0.25, -0.2) is 0 Å². The number of aliphatic imine (C=N–C) groups is 1. The van der Waals surface area contributed by atoms with Crippen molar-refractivity contribution in [2.75, 3.05) is 20.1 Å². The van der Waals surface area contributed by atoms with Crippen LogP contribution in [0.4, 0.5) is 0 Å². The molecular weight excluding hydrogens is 254 g/mol. The molecule has 0 aromatic carbocycles. The van der Waals surface area contributed by atoms with Gasteiger partial charge in [0.15, 0.2) is 5.96 Å². The second-order valence-corrected chi connectivity index (χ2v) is 6.08. The number of hydrogen-bond donors (Lipinski definition) is 2. The van der Waals surface area contributed by atoms with Crippen molar-refractivity contribution in [1.82, 2.24) is 10.6 Å². The first kappa shape index (κ1) is 12.7. The summed E-state index contributed by atoms with van der Waals surface area (Å²) in [4.78, 5) is 5.50. The van der Waals surface area contributed by atoms with Crippen LogP contribution >= 0.6 is 22.9 Å². The number of hydrogen-bond acceptors (Lipinski definition) is 2. The van der Waals surface area contributed by atoms with Crippen molar-refractivity contribution in [3.05, 3.63) is 21.3 Å². The van der Waals surface area contributed by atoms with Gasteiger partial charge in [0.25, 0.3) is 0 Å². The van der Waals surface area contributed by atoms with Crippen LogP contribution in [0.5, 0.6) is 0 Å². The van der Waals surface area contributed by atoms with Crippen LogP contribution in [0.3, 0.4) is 0 Å². The lowest BCUT2D eigenvalue weighted by Crippen LogP contribution is -2.39. The normalized spacial score (nSPS) is 16.0. The van der Waals surface area contributed by atoms with Crippen LogP contribution < -0.4 is 10.6 Å². The van der Waals surface area contributed by atoms with Crippen molar-refractivity contribution in [3.8, 4) is 0 Å². The summed E-state index contributed by atoms with van der Waals surface area (Å²) < 4.78 is 0.858. The van der Waals surface area contributed by atoms with Gasteiger partial charge in [-0.15, -0.1) is 11.3 Å². The van der Waals surface area contributed by atoms with E-state index in [4.69, 9.17) is 11.6 Å². The second-order valence-electron chi connectivity index (χ2n) is 4.28. The maximum absolute atomic E-state index is 5.88. The molecule has 3 nitrogen and oxygen atoms in total. The van der Waals surface area contributed by atoms with Crippen LogP contribution in [0.2, 0.25) is 4.34 Å². The van der Waals surface area contributed by atoms with Crippen molar-refractivity contribution in [2.45, 2.75) is 19.3 Å². The van der Waals surface area contributed by atoms with Crippen molar-refractivity contribution in [2.24, 2.45) is 10.9 Å². The quantitative estimate of drug-likeness (QED) is 0.638. The van der Waals surface area contributed by atoms with Crippen LogP contribution in [0.25, 0.3) is 0 Å². The Balaban J connectivity index is 1.65. The van der Waals surface area contributed by atoms with E-state index < -0.39 is 0 Å². The molecule has 1 aromatic rings. The lowest BCUT2D eigenvalue weighted by atomic mass is 10.3. The summed E-state index contributed by atoms with van der Waals surface area (Å²) in [5, 5.41) is 6.65. The summed E-state index contributed by atoms with van der Waals surface area (Å²) in [6.07, 6.45) is 3.71. The van der Waals surface area contributed by atoms with Crippen molar-refractivity contribution >= 4 is 28.9 Å². The van der Waals surface area contributed by atoms with E-state index in [9.17, 15) is 0 Å². The molecule has 94 valence electrons. The fraction of sp³-hybridized carbons (Fsp3) is 0.583. The third-order valence-corrected chi connectivity index (χ3v) is 4.06. The minimum absolute atomic E-state index is 0.858. The Labute approximate surface area is 111 Å². The molecule has 0 amide bonds. The molecule has 0 radical (unpaired) electrons. The minimum atomic E-state index is 0.858. The minimum Gasteiger partial charge on any atom is -0.356 e. The van der Waals surface area contributed by atoms with E-state index in [1.165, 1.54) is 17.7 Å². The van der Waals surface area contributed by atoms with Gasteiger partial charge in [0.2, 0.25) is 0 Å². The van der Waals surface area contributed by atoms with Gasteiger partial charge in [0.1, 0.15) is 0 Å². The molecule has 0 unspecified atom stereocenters. The molecule has 17 heavy (non-hydrogen) atoms. The summed E-state index contributed by atoms with van der Waals surface area (Å²) in [6, 6.07) is 4.02. The smallest absolute Gasteiger partial charge is 0.190 e. The Bertz CT molecular complexity index is 385. The zero-order chi connectivity index (χ0) is 12.1. The van der Waals surface area contributed by atoms with Gasteiger partial charge < -0.3 is 10.6 Å². The van der Waals surface area contributed by atoms with Crippen LogP contribution in [-0.2, 0) is 6.42 Å². The number of halogens is 1. The zero-order valence-corrected chi connectivity index (χ0v) is 11.6. The number of nitrogens with one attached hydrogen (secondary N) is 2. The SMILES string of the molecule is CN=C(NCCc1ccc(Cl)s1)NCC1CC1. The van der Waals surface area contributed by atoms with Crippen molar-refractivity contribution < 1.29 is 0 Å². The van der Waals surface area contributed by atoms with Crippen LogP contribution in [0, 0.1) is 5.92 Å². The second kappa shape index (κ2) is 6.26. The molecule has 0 aliphatic heterocycles. The predicted molar refractivity (Wildman–Crippen MR) is 75.1 cm³/mol. The first-order valence-corrected chi connectivity index (χ1v) is 7.16. The van der Waals surface area contributed by atoms with Gasteiger partial charge in [-0.05, 0) is 37.3 Å². The standard InChI is InChI=1S/C12H18ClN3S/c1-14-12(16-8-9-2-3-9)15-7-6-10-4-5-11(13)17-10/h4-5,9H,2-3,6-8H2,1H3,(H2,14,15,16). The number of guanidine groups is 1. The van der Waals surface area contributed by atoms with Crippen LogP contribution in [-0.4, -0.2) is 26.1 Å². The molecule has 0 saturated heterocycles. The highest BCUT2D eigenvalue weighted by Gasteiger charge is 2.20. The molecule has 1 fully saturated rings. The van der Waals surface area contributed by atoms with Crippen LogP contribution in [0.1, 0.15) is 17.7 Å². The molecule has 1 aromatic heterocycles. The van der Waals surface area contributed by atoms with Crippen molar-refractivity contribution in [1.29, 1.82) is 0 Å².